The summed E-state index contributed by atoms with van der Waals surface area (Å²) in [7, 11) is 3.96. The van der Waals surface area contributed by atoms with E-state index in [4.69, 9.17) is 9.97 Å². The molecule has 0 aromatic carbocycles. The number of carbonyl (C=O) groups excluding carboxylic acids is 1. The molecule has 1 amide bonds. The quantitative estimate of drug-likeness (QED) is 0.605. The normalized spacial score (nSPS) is 14.9. The molecule has 0 saturated carbocycles. The van der Waals surface area contributed by atoms with Crippen molar-refractivity contribution in [1.82, 2.24) is 29.8 Å². The first-order chi connectivity index (χ1) is 15.7. The lowest BCUT2D eigenvalue weighted by Crippen LogP contribution is -2.38. The molecular weight excluding hydrogens is 414 g/mol. The van der Waals surface area contributed by atoms with Gasteiger partial charge in [-0.2, -0.15) is 0 Å². The molecule has 172 valence electrons. The lowest BCUT2D eigenvalue weighted by atomic mass is 9.92. The minimum atomic E-state index is -0.141. The van der Waals surface area contributed by atoms with Gasteiger partial charge in [-0.3, -0.25) is 9.78 Å². The zero-order chi connectivity index (χ0) is 23.6. The van der Waals surface area contributed by atoms with Gasteiger partial charge in [-0.1, -0.05) is 20.8 Å². The highest BCUT2D eigenvalue weighted by Crippen LogP contribution is 2.30. The number of hydrogen-bond donors (Lipinski definition) is 0. The standard InChI is InChI=1S/C25H31N7O/c1-25(2,3)24-27-15-19(16-28-24)23(33)32-11-8-17(9-12-32)20-13-21(31(4)5)30-22(29-20)18-7-6-10-26-14-18/h6-7,10,13-17H,8-9,11-12H2,1-5H3. The summed E-state index contributed by atoms with van der Waals surface area (Å²) in [4.78, 5) is 39.5. The second-order valence-corrected chi connectivity index (χ2v) is 9.72. The molecule has 4 heterocycles. The molecular formula is C25H31N7O. The minimum absolute atomic E-state index is 0.0124. The van der Waals surface area contributed by atoms with Crippen molar-refractivity contribution in [2.45, 2.75) is 44.9 Å². The van der Waals surface area contributed by atoms with Gasteiger partial charge in [-0.05, 0) is 25.0 Å². The number of piperidine rings is 1. The van der Waals surface area contributed by atoms with E-state index in [2.05, 4.69) is 41.8 Å². The third-order valence-electron chi connectivity index (χ3n) is 5.88. The molecule has 3 aromatic heterocycles. The zero-order valence-electron chi connectivity index (χ0n) is 20.0. The Labute approximate surface area is 195 Å². The van der Waals surface area contributed by atoms with Gasteiger partial charge in [-0.25, -0.2) is 19.9 Å². The fourth-order valence-corrected chi connectivity index (χ4v) is 3.90. The molecule has 1 fully saturated rings. The Morgan fingerprint density at radius 2 is 1.76 bits per heavy atom. The number of hydrogen-bond acceptors (Lipinski definition) is 7. The largest absolute Gasteiger partial charge is 0.363 e. The van der Waals surface area contributed by atoms with E-state index >= 15 is 0 Å². The first-order valence-corrected chi connectivity index (χ1v) is 11.3. The van der Waals surface area contributed by atoms with Crippen molar-refractivity contribution in [3.8, 4) is 11.4 Å². The molecule has 8 nitrogen and oxygen atoms in total. The van der Waals surface area contributed by atoms with Gasteiger partial charge in [0.1, 0.15) is 11.6 Å². The predicted molar refractivity (Wildman–Crippen MR) is 128 cm³/mol. The lowest BCUT2D eigenvalue weighted by Gasteiger charge is -2.32. The Bertz CT molecular complexity index is 1100. The monoisotopic (exact) mass is 445 g/mol. The van der Waals surface area contributed by atoms with Crippen molar-refractivity contribution in [3.63, 3.8) is 0 Å². The molecule has 1 saturated heterocycles. The van der Waals surface area contributed by atoms with Crippen molar-refractivity contribution >= 4 is 11.7 Å². The summed E-state index contributed by atoms with van der Waals surface area (Å²) < 4.78 is 0. The molecule has 1 aliphatic rings. The fourth-order valence-electron chi connectivity index (χ4n) is 3.90. The first-order valence-electron chi connectivity index (χ1n) is 11.3. The predicted octanol–water partition coefficient (Wildman–Crippen LogP) is 3.71. The summed E-state index contributed by atoms with van der Waals surface area (Å²) >= 11 is 0. The van der Waals surface area contributed by atoms with E-state index in [1.54, 1.807) is 24.8 Å². The van der Waals surface area contributed by atoms with Crippen LogP contribution in [-0.4, -0.2) is 62.9 Å². The van der Waals surface area contributed by atoms with Crippen LogP contribution < -0.4 is 4.90 Å². The van der Waals surface area contributed by atoms with E-state index < -0.39 is 0 Å². The second kappa shape index (κ2) is 9.21. The molecule has 1 aliphatic heterocycles. The highest BCUT2D eigenvalue weighted by atomic mass is 16.2. The summed E-state index contributed by atoms with van der Waals surface area (Å²) in [6, 6.07) is 5.92. The Morgan fingerprint density at radius 1 is 1.06 bits per heavy atom. The molecule has 0 atom stereocenters. The van der Waals surface area contributed by atoms with E-state index in [-0.39, 0.29) is 17.2 Å². The maximum absolute atomic E-state index is 13.0. The fraction of sp³-hybridized carbons (Fsp3) is 0.440. The number of aromatic nitrogens is 5. The van der Waals surface area contributed by atoms with E-state index in [9.17, 15) is 4.79 Å². The van der Waals surface area contributed by atoms with Crippen LogP contribution in [-0.2, 0) is 5.41 Å². The van der Waals surface area contributed by atoms with E-state index in [0.29, 0.717) is 24.5 Å². The van der Waals surface area contributed by atoms with Crippen LogP contribution in [0, 0.1) is 0 Å². The topological polar surface area (TPSA) is 88.0 Å². The number of pyridine rings is 1. The molecule has 0 spiro atoms. The van der Waals surface area contributed by atoms with Gasteiger partial charge >= 0.3 is 0 Å². The second-order valence-electron chi connectivity index (χ2n) is 9.72. The van der Waals surface area contributed by atoms with Crippen LogP contribution in [0.4, 0.5) is 5.82 Å². The zero-order valence-corrected chi connectivity index (χ0v) is 20.0. The van der Waals surface area contributed by atoms with Crippen molar-refractivity contribution in [2.24, 2.45) is 0 Å². The average Bonchev–Trinajstić information content (AvgIpc) is 2.83. The van der Waals surface area contributed by atoms with Crippen LogP contribution in [0.25, 0.3) is 11.4 Å². The minimum Gasteiger partial charge on any atom is -0.363 e. The molecule has 33 heavy (non-hydrogen) atoms. The highest BCUT2D eigenvalue weighted by molar-refractivity contribution is 5.93. The smallest absolute Gasteiger partial charge is 0.256 e. The molecule has 0 unspecified atom stereocenters. The molecule has 0 bridgehead atoms. The molecule has 3 aromatic rings. The summed E-state index contributed by atoms with van der Waals surface area (Å²) in [5, 5.41) is 0. The van der Waals surface area contributed by atoms with Gasteiger partial charge in [-0.15, -0.1) is 0 Å². The third-order valence-corrected chi connectivity index (χ3v) is 5.88. The maximum atomic E-state index is 13.0. The Morgan fingerprint density at radius 3 is 2.33 bits per heavy atom. The number of anilines is 1. The Kier molecular flexibility index (Phi) is 6.35. The molecule has 0 aliphatic carbocycles. The van der Waals surface area contributed by atoms with Crippen molar-refractivity contribution < 1.29 is 4.79 Å². The first kappa shape index (κ1) is 22.8. The van der Waals surface area contributed by atoms with Gasteiger partial charge < -0.3 is 9.80 Å². The number of rotatable bonds is 4. The number of carbonyl (C=O) groups is 1. The van der Waals surface area contributed by atoms with Gasteiger partial charge in [0, 0.05) is 80.6 Å². The maximum Gasteiger partial charge on any atom is 0.256 e. The van der Waals surface area contributed by atoms with Crippen LogP contribution in [0.2, 0.25) is 0 Å². The number of likely N-dealkylation sites (tertiary alicyclic amines) is 1. The molecule has 0 radical (unpaired) electrons. The summed E-state index contributed by atoms with van der Waals surface area (Å²) in [5.74, 6) is 2.54. The van der Waals surface area contributed by atoms with Gasteiger partial charge in [0.15, 0.2) is 5.82 Å². The van der Waals surface area contributed by atoms with Crippen molar-refractivity contribution in [2.75, 3.05) is 32.1 Å². The highest BCUT2D eigenvalue weighted by Gasteiger charge is 2.27. The van der Waals surface area contributed by atoms with Crippen LogP contribution in [0.15, 0.2) is 43.0 Å². The molecule has 0 N–H and O–H groups in total. The molecule has 4 rings (SSSR count). The molecule has 8 heteroatoms. The van der Waals surface area contributed by atoms with E-state index in [1.807, 2.05) is 36.0 Å². The number of nitrogens with zero attached hydrogens (tertiary/aromatic N) is 7. The van der Waals surface area contributed by atoms with Crippen LogP contribution in [0.3, 0.4) is 0 Å². The van der Waals surface area contributed by atoms with Crippen LogP contribution in [0.1, 0.15) is 61.4 Å². The summed E-state index contributed by atoms with van der Waals surface area (Å²) in [6.45, 7) is 7.53. The van der Waals surface area contributed by atoms with Gasteiger partial charge in [0.2, 0.25) is 0 Å². The van der Waals surface area contributed by atoms with E-state index in [0.717, 1.165) is 35.7 Å². The lowest BCUT2D eigenvalue weighted by molar-refractivity contribution is 0.0711. The third kappa shape index (κ3) is 5.16. The summed E-state index contributed by atoms with van der Waals surface area (Å²) in [5.41, 5.74) is 2.31. The Balaban J connectivity index is 1.48. The van der Waals surface area contributed by atoms with Gasteiger partial charge in [0.05, 0.1) is 5.56 Å². The summed E-state index contributed by atoms with van der Waals surface area (Å²) in [6.07, 6.45) is 8.53. The van der Waals surface area contributed by atoms with Crippen LogP contribution >= 0.6 is 0 Å². The average molecular weight is 446 g/mol. The van der Waals surface area contributed by atoms with Crippen LogP contribution in [0.5, 0.6) is 0 Å². The van der Waals surface area contributed by atoms with Crippen molar-refractivity contribution in [3.05, 3.63) is 60.1 Å². The van der Waals surface area contributed by atoms with Gasteiger partial charge in [0.25, 0.3) is 5.91 Å². The Hall–Kier alpha value is -3.42. The van der Waals surface area contributed by atoms with E-state index in [1.165, 1.54) is 0 Å². The SMILES string of the molecule is CN(C)c1cc(C2CCN(C(=O)c3cnc(C(C)(C)C)nc3)CC2)nc(-c2cccnc2)n1. The van der Waals surface area contributed by atoms with Crippen molar-refractivity contribution in [1.29, 1.82) is 0 Å². The number of amides is 1.